The molecule has 0 aromatic carbocycles. The van der Waals surface area contributed by atoms with E-state index in [9.17, 15) is 0 Å². The normalized spacial score (nSPS) is 28.6. The molecular formula is C16H24N4O2. The van der Waals surface area contributed by atoms with Crippen LogP contribution in [0.5, 0.6) is 0 Å². The summed E-state index contributed by atoms with van der Waals surface area (Å²) in [5, 5.41) is 0. The van der Waals surface area contributed by atoms with Crippen LogP contribution >= 0.6 is 0 Å². The lowest BCUT2D eigenvalue weighted by Gasteiger charge is -2.45. The van der Waals surface area contributed by atoms with Gasteiger partial charge in [0.15, 0.2) is 0 Å². The number of fused-ring (bicyclic) bond motifs is 1. The van der Waals surface area contributed by atoms with Gasteiger partial charge in [-0.3, -0.25) is 0 Å². The van der Waals surface area contributed by atoms with Crippen LogP contribution in [0.25, 0.3) is 0 Å². The fourth-order valence-corrected chi connectivity index (χ4v) is 3.95. The maximum atomic E-state index is 6.09. The van der Waals surface area contributed by atoms with Crippen molar-refractivity contribution in [2.24, 2.45) is 0 Å². The van der Waals surface area contributed by atoms with Crippen LogP contribution in [0.2, 0.25) is 0 Å². The first kappa shape index (κ1) is 14.2. The van der Waals surface area contributed by atoms with Crippen molar-refractivity contribution in [2.75, 3.05) is 43.5 Å². The number of hydrogen-bond donors (Lipinski definition) is 1. The molecule has 3 heterocycles. The minimum atomic E-state index is -0.169. The summed E-state index contributed by atoms with van der Waals surface area (Å²) in [6.45, 7) is 3.97. The predicted octanol–water partition coefficient (Wildman–Crippen LogP) is 1.32. The van der Waals surface area contributed by atoms with Gasteiger partial charge in [-0.1, -0.05) is 0 Å². The largest absolute Gasteiger partial charge is 0.378 e. The van der Waals surface area contributed by atoms with E-state index in [1.165, 1.54) is 18.4 Å². The Hall–Kier alpha value is -1.40. The van der Waals surface area contributed by atoms with Gasteiger partial charge < -0.3 is 20.1 Å². The van der Waals surface area contributed by atoms with Gasteiger partial charge in [0.25, 0.3) is 0 Å². The molecule has 4 rings (SSSR count). The number of rotatable bonds is 1. The Morgan fingerprint density at radius 2 is 2.00 bits per heavy atom. The van der Waals surface area contributed by atoms with Crippen LogP contribution in [0.4, 0.5) is 11.8 Å². The average Bonchev–Trinajstić information content (AvgIpc) is 2.55. The third kappa shape index (κ3) is 2.54. The van der Waals surface area contributed by atoms with E-state index in [1.54, 1.807) is 0 Å². The lowest BCUT2D eigenvalue weighted by atomic mass is 9.92. The number of aromatic nitrogens is 2. The molecule has 3 aliphatic rings. The molecular weight excluding hydrogens is 280 g/mol. The minimum absolute atomic E-state index is 0.169. The zero-order chi connectivity index (χ0) is 15.0. The van der Waals surface area contributed by atoms with Crippen LogP contribution in [-0.4, -0.2) is 48.5 Å². The highest BCUT2D eigenvalue weighted by atomic mass is 16.5. The van der Waals surface area contributed by atoms with Crippen LogP contribution in [0.15, 0.2) is 0 Å². The molecule has 0 radical (unpaired) electrons. The van der Waals surface area contributed by atoms with E-state index >= 15 is 0 Å². The number of nitrogens with zero attached hydrogens (tertiary/aromatic N) is 3. The van der Waals surface area contributed by atoms with Crippen molar-refractivity contribution >= 4 is 11.8 Å². The van der Waals surface area contributed by atoms with Crippen molar-refractivity contribution in [3.05, 3.63) is 11.3 Å². The van der Waals surface area contributed by atoms with Crippen molar-refractivity contribution in [3.63, 3.8) is 0 Å². The molecule has 1 aromatic rings. The van der Waals surface area contributed by atoms with Gasteiger partial charge in [-0.15, -0.1) is 0 Å². The summed E-state index contributed by atoms with van der Waals surface area (Å²) >= 11 is 0. The summed E-state index contributed by atoms with van der Waals surface area (Å²) in [4.78, 5) is 11.4. The lowest BCUT2D eigenvalue weighted by molar-refractivity contribution is -0.133. The Labute approximate surface area is 131 Å². The second-order valence-corrected chi connectivity index (χ2v) is 6.65. The van der Waals surface area contributed by atoms with Crippen LogP contribution < -0.4 is 10.6 Å². The molecule has 2 N–H and O–H groups in total. The molecule has 0 saturated carbocycles. The number of hydrogen-bond acceptors (Lipinski definition) is 6. The Bertz CT molecular complexity index is 552. The Balaban J connectivity index is 1.65. The van der Waals surface area contributed by atoms with E-state index in [0.29, 0.717) is 12.6 Å². The first-order valence-corrected chi connectivity index (χ1v) is 8.38. The summed E-state index contributed by atoms with van der Waals surface area (Å²) in [5.41, 5.74) is 8.23. The van der Waals surface area contributed by atoms with Crippen LogP contribution in [0, 0.1) is 0 Å². The summed E-state index contributed by atoms with van der Waals surface area (Å²) in [7, 11) is 0. The molecule has 6 nitrogen and oxygen atoms in total. The molecule has 2 fully saturated rings. The fourth-order valence-electron chi connectivity index (χ4n) is 3.95. The lowest BCUT2D eigenvalue weighted by Crippen LogP contribution is -2.56. The maximum Gasteiger partial charge on any atom is 0.222 e. The summed E-state index contributed by atoms with van der Waals surface area (Å²) in [5.74, 6) is 1.44. The first-order valence-electron chi connectivity index (χ1n) is 8.38. The van der Waals surface area contributed by atoms with Crippen LogP contribution in [-0.2, 0) is 22.3 Å². The molecule has 1 atom stereocenters. The molecule has 2 saturated heterocycles. The van der Waals surface area contributed by atoms with Crippen molar-refractivity contribution in [2.45, 2.75) is 44.1 Å². The van der Waals surface area contributed by atoms with Gasteiger partial charge in [-0.25, -0.2) is 4.98 Å². The van der Waals surface area contributed by atoms with Gasteiger partial charge in [0.1, 0.15) is 11.4 Å². The number of nitrogen functional groups attached to an aromatic ring is 1. The fraction of sp³-hybridized carbons (Fsp3) is 0.750. The zero-order valence-electron chi connectivity index (χ0n) is 13.0. The highest BCUT2D eigenvalue weighted by Crippen LogP contribution is 2.33. The van der Waals surface area contributed by atoms with Crippen molar-refractivity contribution in [1.82, 2.24) is 9.97 Å². The molecule has 6 heteroatoms. The molecule has 120 valence electrons. The molecule has 2 aliphatic heterocycles. The number of ether oxygens (including phenoxy) is 2. The van der Waals surface area contributed by atoms with E-state index < -0.39 is 0 Å². The van der Waals surface area contributed by atoms with E-state index in [0.717, 1.165) is 63.5 Å². The van der Waals surface area contributed by atoms with Gasteiger partial charge in [-0.2, -0.15) is 4.98 Å². The molecule has 0 amide bonds. The van der Waals surface area contributed by atoms with Gasteiger partial charge in [0, 0.05) is 18.7 Å². The topological polar surface area (TPSA) is 73.5 Å². The van der Waals surface area contributed by atoms with Gasteiger partial charge in [0.05, 0.1) is 25.5 Å². The van der Waals surface area contributed by atoms with E-state index in [2.05, 4.69) is 14.9 Å². The number of anilines is 2. The Morgan fingerprint density at radius 3 is 2.86 bits per heavy atom. The standard InChI is InChI=1S/C16H24N4O2/c17-15-18-13-5-2-1-4-12(13)14(19-15)20-7-9-22-16(10-20)6-3-8-21-11-16/h1-11H2,(H2,17,18,19). The highest BCUT2D eigenvalue weighted by Gasteiger charge is 2.40. The molecule has 22 heavy (non-hydrogen) atoms. The molecule has 1 aromatic heterocycles. The Morgan fingerprint density at radius 1 is 1.09 bits per heavy atom. The second kappa shape index (κ2) is 5.66. The monoisotopic (exact) mass is 304 g/mol. The molecule has 1 aliphatic carbocycles. The van der Waals surface area contributed by atoms with Crippen molar-refractivity contribution in [1.29, 1.82) is 0 Å². The first-order chi connectivity index (χ1) is 10.8. The average molecular weight is 304 g/mol. The molecule has 1 spiro atoms. The quantitative estimate of drug-likeness (QED) is 0.843. The predicted molar refractivity (Wildman–Crippen MR) is 84.0 cm³/mol. The third-order valence-corrected chi connectivity index (χ3v) is 5.01. The number of aryl methyl sites for hydroxylation is 1. The van der Waals surface area contributed by atoms with Gasteiger partial charge in [0.2, 0.25) is 5.95 Å². The highest BCUT2D eigenvalue weighted by molar-refractivity contribution is 5.53. The maximum absolute atomic E-state index is 6.09. The van der Waals surface area contributed by atoms with Crippen LogP contribution in [0.1, 0.15) is 36.9 Å². The van der Waals surface area contributed by atoms with E-state index in [-0.39, 0.29) is 5.60 Å². The Kier molecular flexibility index (Phi) is 3.66. The molecule has 1 unspecified atom stereocenters. The number of nitrogens with two attached hydrogens (primary N) is 1. The SMILES string of the molecule is Nc1nc2c(c(N3CCOC4(CCCOC4)C3)n1)CCCC2. The van der Waals surface area contributed by atoms with E-state index in [1.807, 2.05) is 0 Å². The van der Waals surface area contributed by atoms with Crippen molar-refractivity contribution in [3.8, 4) is 0 Å². The van der Waals surface area contributed by atoms with Gasteiger partial charge >= 0.3 is 0 Å². The smallest absolute Gasteiger partial charge is 0.222 e. The zero-order valence-corrected chi connectivity index (χ0v) is 13.0. The van der Waals surface area contributed by atoms with E-state index in [4.69, 9.17) is 15.2 Å². The summed E-state index contributed by atoms with van der Waals surface area (Å²) in [6, 6.07) is 0. The summed E-state index contributed by atoms with van der Waals surface area (Å²) in [6.07, 6.45) is 6.62. The third-order valence-electron chi connectivity index (χ3n) is 5.01. The van der Waals surface area contributed by atoms with Gasteiger partial charge in [-0.05, 0) is 38.5 Å². The van der Waals surface area contributed by atoms with Crippen LogP contribution in [0.3, 0.4) is 0 Å². The summed E-state index contributed by atoms with van der Waals surface area (Å²) < 4.78 is 11.8. The minimum Gasteiger partial charge on any atom is -0.378 e. The van der Waals surface area contributed by atoms with Crippen molar-refractivity contribution < 1.29 is 9.47 Å². The molecule has 0 bridgehead atoms. The second-order valence-electron chi connectivity index (χ2n) is 6.65. The number of morpholine rings is 1.